The summed E-state index contributed by atoms with van der Waals surface area (Å²) in [6.45, 7) is 2.81. The highest BCUT2D eigenvalue weighted by Crippen LogP contribution is 2.19. The van der Waals surface area contributed by atoms with Crippen LogP contribution in [0.2, 0.25) is 0 Å². The number of carbonyl (C=O) groups is 2. The van der Waals surface area contributed by atoms with Gasteiger partial charge in [-0.1, -0.05) is 24.3 Å². The largest absolute Gasteiger partial charge is 0.490 e. The molecule has 8 nitrogen and oxygen atoms in total. The molecule has 1 aliphatic heterocycles. The lowest BCUT2D eigenvalue weighted by Gasteiger charge is -2.33. The highest BCUT2D eigenvalue weighted by atomic mass is 32.2. The molecule has 0 atom stereocenters. The van der Waals surface area contributed by atoms with Gasteiger partial charge in [-0.2, -0.15) is 4.31 Å². The minimum atomic E-state index is -3.77. The van der Waals surface area contributed by atoms with Crippen molar-refractivity contribution < 1.29 is 27.5 Å². The molecular formula is C21H24N2O6S. The van der Waals surface area contributed by atoms with Crippen molar-refractivity contribution in [2.45, 2.75) is 11.8 Å². The number of amides is 1. The zero-order valence-corrected chi connectivity index (χ0v) is 17.5. The van der Waals surface area contributed by atoms with E-state index >= 15 is 0 Å². The van der Waals surface area contributed by atoms with Gasteiger partial charge in [-0.25, -0.2) is 13.2 Å². The van der Waals surface area contributed by atoms with E-state index in [2.05, 4.69) is 0 Å². The van der Waals surface area contributed by atoms with Gasteiger partial charge in [-0.3, -0.25) is 4.79 Å². The van der Waals surface area contributed by atoms with Gasteiger partial charge in [0.2, 0.25) is 15.9 Å². The van der Waals surface area contributed by atoms with Crippen LogP contribution in [0.25, 0.3) is 0 Å². The lowest BCUT2D eigenvalue weighted by molar-refractivity contribution is -0.129. The van der Waals surface area contributed by atoms with Gasteiger partial charge < -0.3 is 14.4 Å². The van der Waals surface area contributed by atoms with E-state index in [0.29, 0.717) is 18.8 Å². The third-order valence-corrected chi connectivity index (χ3v) is 6.61. The van der Waals surface area contributed by atoms with Crippen molar-refractivity contribution in [3.8, 4) is 5.75 Å². The molecule has 0 N–H and O–H groups in total. The highest BCUT2D eigenvalue weighted by molar-refractivity contribution is 7.89. The number of piperazine rings is 1. The first-order chi connectivity index (χ1) is 14.4. The summed E-state index contributed by atoms with van der Waals surface area (Å²) < 4.78 is 37.8. The van der Waals surface area contributed by atoms with Gasteiger partial charge in [-0.05, 0) is 30.3 Å². The number of carbonyl (C=O) groups excluding carboxylic acids is 2. The van der Waals surface area contributed by atoms with Crippen molar-refractivity contribution in [3.63, 3.8) is 0 Å². The van der Waals surface area contributed by atoms with E-state index in [1.807, 2.05) is 18.2 Å². The zero-order chi connectivity index (χ0) is 21.6. The predicted octanol–water partition coefficient (Wildman–Crippen LogP) is 1.78. The summed E-state index contributed by atoms with van der Waals surface area (Å²) in [4.78, 5) is 25.4. The number of sulfonamides is 1. The molecule has 0 spiro atoms. The van der Waals surface area contributed by atoms with E-state index in [9.17, 15) is 18.0 Å². The fourth-order valence-electron chi connectivity index (χ4n) is 3.07. The van der Waals surface area contributed by atoms with Gasteiger partial charge >= 0.3 is 5.97 Å². The maximum absolute atomic E-state index is 12.9. The summed E-state index contributed by atoms with van der Waals surface area (Å²) >= 11 is 0. The Bertz CT molecular complexity index is 986. The smallest absolute Gasteiger partial charge is 0.338 e. The van der Waals surface area contributed by atoms with E-state index in [1.165, 1.54) is 35.5 Å². The second kappa shape index (κ2) is 9.73. The molecule has 30 heavy (non-hydrogen) atoms. The van der Waals surface area contributed by atoms with Crippen LogP contribution in [-0.2, 0) is 19.6 Å². The number of ether oxygens (including phenoxy) is 2. The maximum atomic E-state index is 12.9. The topological polar surface area (TPSA) is 93.2 Å². The fraction of sp³-hybridized carbons (Fsp3) is 0.333. The molecule has 0 saturated carbocycles. The maximum Gasteiger partial charge on any atom is 0.338 e. The molecule has 1 fully saturated rings. The first kappa shape index (κ1) is 21.8. The molecule has 1 heterocycles. The van der Waals surface area contributed by atoms with E-state index in [1.54, 1.807) is 17.0 Å². The Labute approximate surface area is 176 Å². The average Bonchev–Trinajstić information content (AvgIpc) is 2.77. The van der Waals surface area contributed by atoms with Crippen molar-refractivity contribution >= 4 is 21.9 Å². The lowest BCUT2D eigenvalue weighted by Crippen LogP contribution is -2.49. The van der Waals surface area contributed by atoms with Crippen LogP contribution in [-0.4, -0.2) is 68.9 Å². The first-order valence-electron chi connectivity index (χ1n) is 9.58. The predicted molar refractivity (Wildman–Crippen MR) is 110 cm³/mol. The number of hydrogen-bond acceptors (Lipinski definition) is 6. The molecule has 1 aliphatic rings. The van der Waals surface area contributed by atoms with E-state index in [4.69, 9.17) is 9.47 Å². The molecule has 0 bridgehead atoms. The molecule has 0 radical (unpaired) electrons. The van der Waals surface area contributed by atoms with Crippen LogP contribution in [0.5, 0.6) is 5.75 Å². The van der Waals surface area contributed by atoms with Crippen molar-refractivity contribution in [2.24, 2.45) is 0 Å². The highest BCUT2D eigenvalue weighted by Gasteiger charge is 2.29. The standard InChI is InChI=1S/C21H24N2O6S/c1-17(24)22-10-12-23(13-11-22)30(26,27)20-9-5-6-18(16-20)21(25)29-15-14-28-19-7-3-2-4-8-19/h2-9,16H,10-15H2,1H3. The number of benzene rings is 2. The third kappa shape index (κ3) is 5.37. The quantitative estimate of drug-likeness (QED) is 0.489. The van der Waals surface area contributed by atoms with Gasteiger partial charge in [0.05, 0.1) is 10.5 Å². The molecule has 2 aromatic carbocycles. The van der Waals surface area contributed by atoms with Crippen LogP contribution in [0.4, 0.5) is 0 Å². The summed E-state index contributed by atoms with van der Waals surface area (Å²) in [6, 6.07) is 14.9. The molecular weight excluding hydrogens is 408 g/mol. The molecule has 0 aromatic heterocycles. The van der Waals surface area contributed by atoms with E-state index < -0.39 is 16.0 Å². The van der Waals surface area contributed by atoms with Crippen LogP contribution in [0.3, 0.4) is 0 Å². The Kier molecular flexibility index (Phi) is 7.07. The Morgan fingerprint density at radius 1 is 0.933 bits per heavy atom. The van der Waals surface area contributed by atoms with E-state index in [0.717, 1.165) is 0 Å². The summed E-state index contributed by atoms with van der Waals surface area (Å²) in [5.41, 5.74) is 0.151. The van der Waals surface area contributed by atoms with Gasteiger partial charge in [0.15, 0.2) is 0 Å². The second-order valence-corrected chi connectivity index (χ2v) is 8.67. The molecule has 1 saturated heterocycles. The monoisotopic (exact) mass is 432 g/mol. The Morgan fingerprint density at radius 2 is 1.63 bits per heavy atom. The van der Waals surface area contributed by atoms with Crippen LogP contribution in [0, 0.1) is 0 Å². The van der Waals surface area contributed by atoms with Crippen LogP contribution < -0.4 is 4.74 Å². The summed E-state index contributed by atoms with van der Waals surface area (Å²) in [5.74, 6) is -0.0235. The van der Waals surface area contributed by atoms with E-state index in [-0.39, 0.29) is 42.7 Å². The fourth-order valence-corrected chi connectivity index (χ4v) is 4.54. The van der Waals surface area contributed by atoms with Crippen LogP contribution >= 0.6 is 0 Å². The molecule has 2 aromatic rings. The van der Waals surface area contributed by atoms with Crippen molar-refractivity contribution in [3.05, 3.63) is 60.2 Å². The molecule has 1 amide bonds. The first-order valence-corrected chi connectivity index (χ1v) is 11.0. The van der Waals surface area contributed by atoms with Crippen molar-refractivity contribution in [1.29, 1.82) is 0 Å². The van der Waals surface area contributed by atoms with Gasteiger partial charge in [0.25, 0.3) is 0 Å². The Hall–Kier alpha value is -2.91. The zero-order valence-electron chi connectivity index (χ0n) is 16.7. The number of rotatable bonds is 7. The number of para-hydroxylation sites is 1. The summed E-state index contributed by atoms with van der Waals surface area (Å²) in [7, 11) is -3.77. The second-order valence-electron chi connectivity index (χ2n) is 6.74. The molecule has 0 aliphatic carbocycles. The summed E-state index contributed by atoms with van der Waals surface area (Å²) in [5, 5.41) is 0. The Morgan fingerprint density at radius 3 is 2.30 bits per heavy atom. The molecule has 9 heteroatoms. The molecule has 160 valence electrons. The lowest BCUT2D eigenvalue weighted by atomic mass is 10.2. The van der Waals surface area contributed by atoms with Crippen LogP contribution in [0.1, 0.15) is 17.3 Å². The third-order valence-electron chi connectivity index (χ3n) is 4.72. The minimum Gasteiger partial charge on any atom is -0.490 e. The SMILES string of the molecule is CC(=O)N1CCN(S(=O)(=O)c2cccc(C(=O)OCCOc3ccccc3)c2)CC1. The summed E-state index contributed by atoms with van der Waals surface area (Å²) in [6.07, 6.45) is 0. The molecule has 0 unspecified atom stereocenters. The number of esters is 1. The van der Waals surface area contributed by atoms with Gasteiger partial charge in [0.1, 0.15) is 19.0 Å². The van der Waals surface area contributed by atoms with Crippen molar-refractivity contribution in [1.82, 2.24) is 9.21 Å². The van der Waals surface area contributed by atoms with Gasteiger partial charge in [0, 0.05) is 33.1 Å². The van der Waals surface area contributed by atoms with Crippen molar-refractivity contribution in [2.75, 3.05) is 39.4 Å². The number of nitrogens with zero attached hydrogens (tertiary/aromatic N) is 2. The van der Waals surface area contributed by atoms with Crippen LogP contribution in [0.15, 0.2) is 59.5 Å². The average molecular weight is 432 g/mol. The number of hydrogen-bond donors (Lipinski definition) is 0. The minimum absolute atomic E-state index is 0.0220. The molecule has 3 rings (SSSR count). The Balaban J connectivity index is 1.58. The normalized spacial score (nSPS) is 14.9. The van der Waals surface area contributed by atoms with Gasteiger partial charge in [-0.15, -0.1) is 0 Å².